The first kappa shape index (κ1) is 20.6. The van der Waals surface area contributed by atoms with Gasteiger partial charge in [0.2, 0.25) is 5.91 Å². The lowest BCUT2D eigenvalue weighted by molar-refractivity contribution is -0.121. The van der Waals surface area contributed by atoms with Gasteiger partial charge in [-0.3, -0.25) is 4.79 Å². The Bertz CT molecular complexity index is 1050. The van der Waals surface area contributed by atoms with E-state index in [1.54, 1.807) is 0 Å². The Balaban J connectivity index is 1.51. The van der Waals surface area contributed by atoms with E-state index in [0.717, 1.165) is 48.8 Å². The summed E-state index contributed by atoms with van der Waals surface area (Å²) in [6.45, 7) is 9.56. The van der Waals surface area contributed by atoms with Crippen molar-refractivity contribution in [2.45, 2.75) is 33.6 Å². The van der Waals surface area contributed by atoms with Crippen molar-refractivity contribution in [2.75, 3.05) is 25.0 Å². The molecule has 1 aliphatic rings. The van der Waals surface area contributed by atoms with Crippen molar-refractivity contribution in [1.29, 1.82) is 0 Å². The number of pyridine rings is 1. The molecule has 0 saturated carbocycles. The van der Waals surface area contributed by atoms with Gasteiger partial charge in [0.1, 0.15) is 5.82 Å². The van der Waals surface area contributed by atoms with Gasteiger partial charge in [-0.1, -0.05) is 26.0 Å². The minimum Gasteiger partial charge on any atom is -0.350 e. The smallest absolute Gasteiger partial charge is 0.229 e. The predicted octanol–water partition coefficient (Wildman–Crippen LogP) is 4.86. The SMILES string of the molecule is Cc1cc(-c2ccc3cnc(NC(=O)C4CCCN(CC(C)C)C4)cc3c2)n(C)c1. The lowest BCUT2D eigenvalue weighted by Crippen LogP contribution is -2.42. The molecule has 0 spiro atoms. The number of piperidine rings is 1. The van der Waals surface area contributed by atoms with Crippen molar-refractivity contribution in [3.8, 4) is 11.3 Å². The number of amides is 1. The Hall–Kier alpha value is -2.66. The highest BCUT2D eigenvalue weighted by Gasteiger charge is 2.26. The summed E-state index contributed by atoms with van der Waals surface area (Å²) < 4.78 is 2.15. The zero-order chi connectivity index (χ0) is 21.3. The number of hydrogen-bond acceptors (Lipinski definition) is 3. The molecular weight excluding hydrogens is 372 g/mol. The fourth-order valence-corrected chi connectivity index (χ4v) is 4.57. The van der Waals surface area contributed by atoms with Crippen LogP contribution in [0.15, 0.2) is 42.7 Å². The zero-order valence-corrected chi connectivity index (χ0v) is 18.5. The monoisotopic (exact) mass is 404 g/mol. The molecule has 4 rings (SSSR count). The van der Waals surface area contributed by atoms with E-state index in [-0.39, 0.29) is 11.8 Å². The number of rotatable bonds is 5. The Morgan fingerprint density at radius 1 is 1.23 bits per heavy atom. The first-order valence-corrected chi connectivity index (χ1v) is 11.0. The van der Waals surface area contributed by atoms with Crippen LogP contribution in [0.3, 0.4) is 0 Å². The summed E-state index contributed by atoms with van der Waals surface area (Å²) in [5.74, 6) is 1.38. The highest BCUT2D eigenvalue weighted by molar-refractivity contribution is 5.95. The number of carbonyl (C=O) groups is 1. The van der Waals surface area contributed by atoms with Gasteiger partial charge in [-0.05, 0) is 66.9 Å². The number of aromatic nitrogens is 2. The Kier molecular flexibility index (Phi) is 5.91. The number of carbonyl (C=O) groups excluding carboxylic acids is 1. The van der Waals surface area contributed by atoms with Gasteiger partial charge in [0.05, 0.1) is 5.92 Å². The maximum Gasteiger partial charge on any atom is 0.229 e. The van der Waals surface area contributed by atoms with Gasteiger partial charge in [0.25, 0.3) is 0 Å². The highest BCUT2D eigenvalue weighted by Crippen LogP contribution is 2.27. The molecule has 1 aromatic carbocycles. The van der Waals surface area contributed by atoms with Crippen LogP contribution in [-0.2, 0) is 11.8 Å². The van der Waals surface area contributed by atoms with Crippen LogP contribution in [0.1, 0.15) is 32.3 Å². The summed E-state index contributed by atoms with van der Waals surface area (Å²) in [5, 5.41) is 5.23. The molecule has 158 valence electrons. The van der Waals surface area contributed by atoms with Crippen LogP contribution in [0.4, 0.5) is 5.82 Å². The average Bonchev–Trinajstić information content (AvgIpc) is 3.05. The van der Waals surface area contributed by atoms with Crippen LogP contribution in [0.25, 0.3) is 22.0 Å². The molecule has 0 aliphatic carbocycles. The maximum absolute atomic E-state index is 12.9. The van der Waals surface area contributed by atoms with Crippen LogP contribution in [0, 0.1) is 18.8 Å². The number of nitrogens with one attached hydrogen (secondary N) is 1. The lowest BCUT2D eigenvalue weighted by Gasteiger charge is -2.32. The van der Waals surface area contributed by atoms with Crippen molar-refractivity contribution in [1.82, 2.24) is 14.5 Å². The van der Waals surface area contributed by atoms with E-state index in [2.05, 4.69) is 78.0 Å². The third-order valence-corrected chi connectivity index (χ3v) is 5.91. The van der Waals surface area contributed by atoms with Crippen molar-refractivity contribution < 1.29 is 4.79 Å². The minimum atomic E-state index is 0.0349. The summed E-state index contributed by atoms with van der Waals surface area (Å²) in [7, 11) is 2.07. The second-order valence-electron chi connectivity index (χ2n) is 9.13. The van der Waals surface area contributed by atoms with Gasteiger partial charge in [-0.15, -0.1) is 0 Å². The molecule has 5 heteroatoms. The zero-order valence-electron chi connectivity index (χ0n) is 18.5. The first-order chi connectivity index (χ1) is 14.4. The molecule has 1 aliphatic heterocycles. The normalized spacial score (nSPS) is 17.6. The van der Waals surface area contributed by atoms with Gasteiger partial charge in [-0.2, -0.15) is 0 Å². The van der Waals surface area contributed by atoms with E-state index >= 15 is 0 Å². The summed E-state index contributed by atoms with van der Waals surface area (Å²) >= 11 is 0. The third-order valence-electron chi connectivity index (χ3n) is 5.91. The highest BCUT2D eigenvalue weighted by atomic mass is 16.2. The lowest BCUT2D eigenvalue weighted by atomic mass is 9.96. The van der Waals surface area contributed by atoms with Crippen molar-refractivity contribution in [3.05, 3.63) is 48.3 Å². The molecule has 1 atom stereocenters. The van der Waals surface area contributed by atoms with Gasteiger partial charge >= 0.3 is 0 Å². The molecule has 1 saturated heterocycles. The van der Waals surface area contributed by atoms with Gasteiger partial charge in [-0.25, -0.2) is 4.98 Å². The fraction of sp³-hybridized carbons (Fsp3) is 0.440. The van der Waals surface area contributed by atoms with E-state index < -0.39 is 0 Å². The molecule has 3 aromatic rings. The van der Waals surface area contributed by atoms with Gasteiger partial charge in [0.15, 0.2) is 0 Å². The van der Waals surface area contributed by atoms with Crippen LogP contribution in [0.2, 0.25) is 0 Å². The molecule has 3 heterocycles. The van der Waals surface area contributed by atoms with Crippen LogP contribution in [0.5, 0.6) is 0 Å². The van der Waals surface area contributed by atoms with Crippen molar-refractivity contribution in [2.24, 2.45) is 18.9 Å². The van der Waals surface area contributed by atoms with E-state index in [9.17, 15) is 4.79 Å². The second kappa shape index (κ2) is 8.60. The number of benzene rings is 1. The molecule has 1 unspecified atom stereocenters. The fourth-order valence-electron chi connectivity index (χ4n) is 4.57. The summed E-state index contributed by atoms with van der Waals surface area (Å²) in [5.41, 5.74) is 3.59. The minimum absolute atomic E-state index is 0.0349. The number of hydrogen-bond donors (Lipinski definition) is 1. The Morgan fingerprint density at radius 3 is 2.80 bits per heavy atom. The van der Waals surface area contributed by atoms with Crippen molar-refractivity contribution in [3.63, 3.8) is 0 Å². The number of fused-ring (bicyclic) bond motifs is 1. The average molecular weight is 405 g/mol. The summed E-state index contributed by atoms with van der Waals surface area (Å²) in [4.78, 5) is 19.8. The standard InChI is InChI=1S/C25H32N4O/c1-17(2)14-29-9-5-6-21(16-29)25(30)27-24-12-22-11-19(7-8-20(22)13-26-24)23-10-18(3)15-28(23)4/h7-8,10-13,15,17,21H,5-6,9,14,16H2,1-4H3,(H,26,27,30). The van der Waals surface area contributed by atoms with Gasteiger partial charge in [0, 0.05) is 43.6 Å². The molecule has 1 N–H and O–H groups in total. The molecule has 1 amide bonds. The van der Waals surface area contributed by atoms with E-state index in [4.69, 9.17) is 0 Å². The van der Waals surface area contributed by atoms with Crippen LogP contribution < -0.4 is 5.32 Å². The maximum atomic E-state index is 12.9. The second-order valence-corrected chi connectivity index (χ2v) is 9.13. The number of nitrogens with zero attached hydrogens (tertiary/aromatic N) is 3. The molecule has 2 aromatic heterocycles. The predicted molar refractivity (Wildman–Crippen MR) is 124 cm³/mol. The molecule has 30 heavy (non-hydrogen) atoms. The quantitative estimate of drug-likeness (QED) is 0.661. The van der Waals surface area contributed by atoms with Crippen LogP contribution in [-0.4, -0.2) is 40.0 Å². The van der Waals surface area contributed by atoms with Crippen molar-refractivity contribution >= 4 is 22.5 Å². The largest absolute Gasteiger partial charge is 0.350 e. The molecule has 5 nitrogen and oxygen atoms in total. The number of likely N-dealkylation sites (tertiary alicyclic amines) is 1. The molecule has 1 fully saturated rings. The Morgan fingerprint density at radius 2 is 2.07 bits per heavy atom. The Labute approximate surface area is 179 Å². The van der Waals surface area contributed by atoms with E-state index in [1.807, 2.05) is 12.3 Å². The van der Waals surface area contributed by atoms with E-state index in [0.29, 0.717) is 11.7 Å². The molecule has 0 radical (unpaired) electrons. The number of anilines is 1. The van der Waals surface area contributed by atoms with Gasteiger partial charge < -0.3 is 14.8 Å². The third kappa shape index (κ3) is 4.57. The summed E-state index contributed by atoms with van der Waals surface area (Å²) in [6.07, 6.45) is 6.00. The molecule has 0 bridgehead atoms. The van der Waals surface area contributed by atoms with Crippen LogP contribution >= 0.6 is 0 Å². The number of aryl methyl sites for hydroxylation is 2. The molecular formula is C25H32N4O. The summed E-state index contributed by atoms with van der Waals surface area (Å²) in [6, 6.07) is 10.6. The topological polar surface area (TPSA) is 50.2 Å². The first-order valence-electron chi connectivity index (χ1n) is 11.0. The van der Waals surface area contributed by atoms with E-state index in [1.165, 1.54) is 11.3 Å².